The Bertz CT molecular complexity index is 994. The molecule has 0 radical (unpaired) electrons. The molecule has 0 unspecified atom stereocenters. The van der Waals surface area contributed by atoms with E-state index >= 15 is 0 Å². The van der Waals surface area contributed by atoms with Gasteiger partial charge in [0.15, 0.2) is 0 Å². The third-order valence-electron chi connectivity index (χ3n) is 5.87. The first-order valence-electron chi connectivity index (χ1n) is 10.9. The van der Waals surface area contributed by atoms with Gasteiger partial charge in [-0.2, -0.15) is 0 Å². The van der Waals surface area contributed by atoms with Gasteiger partial charge in [0, 0.05) is 43.4 Å². The molecule has 0 spiro atoms. The molecule has 1 aliphatic rings. The predicted octanol–water partition coefficient (Wildman–Crippen LogP) is 3.39. The molecular weight excluding hydrogens is 426 g/mol. The number of ether oxygens (including phenoxy) is 2. The number of benzene rings is 2. The monoisotopic (exact) mass is 455 g/mol. The average molecular weight is 456 g/mol. The Balaban J connectivity index is 1.73. The predicted molar refractivity (Wildman–Crippen MR) is 123 cm³/mol. The van der Waals surface area contributed by atoms with Crippen molar-refractivity contribution in [2.75, 3.05) is 33.4 Å². The maximum absolute atomic E-state index is 13.4. The zero-order valence-electron chi connectivity index (χ0n) is 19.1. The number of para-hydroxylation sites is 1. The van der Waals surface area contributed by atoms with Gasteiger partial charge < -0.3 is 19.3 Å². The van der Waals surface area contributed by atoms with E-state index < -0.39 is 4.92 Å². The first-order valence-corrected chi connectivity index (χ1v) is 10.9. The summed E-state index contributed by atoms with van der Waals surface area (Å²) in [7, 11) is 1.53. The minimum Gasteiger partial charge on any atom is -0.496 e. The topological polar surface area (TPSA) is 102 Å². The Hall–Kier alpha value is -3.46. The Morgan fingerprint density at radius 3 is 2.58 bits per heavy atom. The third kappa shape index (κ3) is 5.67. The lowest BCUT2D eigenvalue weighted by atomic mass is 10.1. The molecule has 1 saturated heterocycles. The van der Waals surface area contributed by atoms with Crippen LogP contribution in [-0.2, 0) is 4.74 Å². The van der Waals surface area contributed by atoms with Crippen molar-refractivity contribution in [2.45, 2.75) is 32.4 Å². The second-order valence-electron chi connectivity index (χ2n) is 7.96. The first kappa shape index (κ1) is 24.2. The Labute approximate surface area is 193 Å². The highest BCUT2D eigenvalue weighted by Crippen LogP contribution is 2.23. The molecule has 176 valence electrons. The fourth-order valence-electron chi connectivity index (χ4n) is 3.80. The molecule has 0 saturated carbocycles. The fraction of sp³-hybridized carbons (Fsp3) is 0.417. The summed E-state index contributed by atoms with van der Waals surface area (Å²) in [6, 6.07) is 12.6. The molecule has 0 N–H and O–H groups in total. The highest BCUT2D eigenvalue weighted by molar-refractivity contribution is 5.97. The fourth-order valence-corrected chi connectivity index (χ4v) is 3.80. The van der Waals surface area contributed by atoms with E-state index in [9.17, 15) is 19.7 Å². The number of rotatable bonds is 8. The zero-order valence-corrected chi connectivity index (χ0v) is 19.1. The van der Waals surface area contributed by atoms with Crippen LogP contribution in [0.5, 0.6) is 5.75 Å². The van der Waals surface area contributed by atoms with Crippen molar-refractivity contribution in [1.29, 1.82) is 0 Å². The summed E-state index contributed by atoms with van der Waals surface area (Å²) < 4.78 is 11.3. The molecular formula is C24H29N3O6. The summed E-state index contributed by atoms with van der Waals surface area (Å²) in [5, 5.41) is 10.9. The molecule has 1 fully saturated rings. The van der Waals surface area contributed by atoms with Crippen molar-refractivity contribution < 1.29 is 24.0 Å². The Morgan fingerprint density at radius 1 is 1.24 bits per heavy atom. The zero-order chi connectivity index (χ0) is 24.0. The van der Waals surface area contributed by atoms with Crippen molar-refractivity contribution in [3.05, 3.63) is 69.8 Å². The molecule has 2 atom stereocenters. The normalized spacial score (nSPS) is 16.7. The van der Waals surface area contributed by atoms with Gasteiger partial charge in [-0.3, -0.25) is 19.7 Å². The number of morpholine rings is 1. The minimum atomic E-state index is -0.499. The molecule has 1 heterocycles. The van der Waals surface area contributed by atoms with Crippen LogP contribution in [0.3, 0.4) is 0 Å². The summed E-state index contributed by atoms with van der Waals surface area (Å²) in [4.78, 5) is 40.1. The number of amides is 2. The van der Waals surface area contributed by atoms with E-state index in [1.165, 1.54) is 31.4 Å². The van der Waals surface area contributed by atoms with Crippen LogP contribution in [0.25, 0.3) is 0 Å². The van der Waals surface area contributed by atoms with Gasteiger partial charge in [-0.1, -0.05) is 19.1 Å². The van der Waals surface area contributed by atoms with E-state index in [4.69, 9.17) is 9.47 Å². The van der Waals surface area contributed by atoms with Gasteiger partial charge in [0.05, 0.1) is 30.3 Å². The van der Waals surface area contributed by atoms with Gasteiger partial charge in [0.1, 0.15) is 5.75 Å². The van der Waals surface area contributed by atoms with E-state index in [2.05, 4.69) is 0 Å². The molecule has 0 aliphatic carbocycles. The van der Waals surface area contributed by atoms with Crippen LogP contribution >= 0.6 is 0 Å². The van der Waals surface area contributed by atoms with E-state index in [1.54, 1.807) is 28.0 Å². The number of nitrogens with zero attached hydrogens (tertiary/aromatic N) is 3. The van der Waals surface area contributed by atoms with Crippen LogP contribution in [0.4, 0.5) is 5.69 Å². The van der Waals surface area contributed by atoms with Gasteiger partial charge in [-0.25, -0.2) is 0 Å². The second-order valence-corrected chi connectivity index (χ2v) is 7.96. The SMILES string of the molecule is CC[C@@H](C)N(C[C@H]1CN(C(=O)c2ccc([N+](=O)[O-])cc2)CCO1)C(=O)c1ccccc1OC. The number of hydrogen-bond acceptors (Lipinski definition) is 6. The smallest absolute Gasteiger partial charge is 0.269 e. The van der Waals surface area contributed by atoms with Crippen LogP contribution in [-0.4, -0.2) is 72.0 Å². The van der Waals surface area contributed by atoms with E-state index in [0.29, 0.717) is 43.1 Å². The maximum atomic E-state index is 13.4. The van der Waals surface area contributed by atoms with Crippen LogP contribution in [0.2, 0.25) is 0 Å². The average Bonchev–Trinajstić information content (AvgIpc) is 2.86. The largest absolute Gasteiger partial charge is 0.496 e. The molecule has 2 aromatic rings. The lowest BCUT2D eigenvalue weighted by Crippen LogP contribution is -2.52. The lowest BCUT2D eigenvalue weighted by molar-refractivity contribution is -0.384. The summed E-state index contributed by atoms with van der Waals surface area (Å²) >= 11 is 0. The molecule has 9 nitrogen and oxygen atoms in total. The number of non-ortho nitro benzene ring substituents is 1. The number of nitro benzene ring substituents is 1. The summed E-state index contributed by atoms with van der Waals surface area (Å²) in [5.41, 5.74) is 0.797. The number of methoxy groups -OCH3 is 1. The number of hydrogen-bond donors (Lipinski definition) is 0. The summed E-state index contributed by atoms with van der Waals surface area (Å²) in [5.74, 6) is 0.143. The highest BCUT2D eigenvalue weighted by atomic mass is 16.6. The Morgan fingerprint density at radius 2 is 1.94 bits per heavy atom. The van der Waals surface area contributed by atoms with E-state index in [-0.39, 0.29) is 29.6 Å². The van der Waals surface area contributed by atoms with Gasteiger partial charge in [0.25, 0.3) is 17.5 Å². The van der Waals surface area contributed by atoms with Gasteiger partial charge in [-0.05, 0) is 37.6 Å². The molecule has 3 rings (SSSR count). The Kier molecular flexibility index (Phi) is 8.00. The van der Waals surface area contributed by atoms with Crippen molar-refractivity contribution >= 4 is 17.5 Å². The second kappa shape index (κ2) is 10.9. The first-order chi connectivity index (χ1) is 15.8. The molecule has 2 aromatic carbocycles. The number of carbonyl (C=O) groups excluding carboxylic acids is 2. The van der Waals surface area contributed by atoms with Crippen molar-refractivity contribution in [3.63, 3.8) is 0 Å². The van der Waals surface area contributed by atoms with Crippen LogP contribution in [0.1, 0.15) is 41.0 Å². The standard InChI is InChI=1S/C24H29N3O6/c1-4-17(2)26(24(29)21-7-5-6-8-22(21)32-3)16-20-15-25(13-14-33-20)23(28)18-9-11-19(12-10-18)27(30)31/h5-12,17,20H,4,13-16H2,1-3H3/t17-,20-/m1/s1. The van der Waals surface area contributed by atoms with Crippen molar-refractivity contribution in [2.24, 2.45) is 0 Å². The molecule has 0 bridgehead atoms. The number of carbonyl (C=O) groups is 2. The number of nitro groups is 1. The molecule has 2 amide bonds. The molecule has 1 aliphatic heterocycles. The highest BCUT2D eigenvalue weighted by Gasteiger charge is 2.31. The van der Waals surface area contributed by atoms with Crippen LogP contribution in [0, 0.1) is 10.1 Å². The van der Waals surface area contributed by atoms with Gasteiger partial charge >= 0.3 is 0 Å². The molecule has 9 heteroatoms. The van der Waals surface area contributed by atoms with Crippen LogP contribution < -0.4 is 4.74 Å². The molecule has 33 heavy (non-hydrogen) atoms. The maximum Gasteiger partial charge on any atom is 0.269 e. The summed E-state index contributed by atoms with van der Waals surface area (Å²) in [6.45, 7) is 5.41. The van der Waals surface area contributed by atoms with Crippen LogP contribution in [0.15, 0.2) is 48.5 Å². The minimum absolute atomic E-state index is 0.0354. The summed E-state index contributed by atoms with van der Waals surface area (Å²) in [6.07, 6.45) is 0.410. The van der Waals surface area contributed by atoms with Gasteiger partial charge in [0.2, 0.25) is 0 Å². The van der Waals surface area contributed by atoms with Gasteiger partial charge in [-0.15, -0.1) is 0 Å². The van der Waals surface area contributed by atoms with Crippen molar-refractivity contribution in [3.8, 4) is 5.75 Å². The van der Waals surface area contributed by atoms with E-state index in [1.807, 2.05) is 19.9 Å². The van der Waals surface area contributed by atoms with Crippen molar-refractivity contribution in [1.82, 2.24) is 9.80 Å². The lowest BCUT2D eigenvalue weighted by Gasteiger charge is -2.37. The molecule has 0 aromatic heterocycles. The van der Waals surface area contributed by atoms with E-state index in [0.717, 1.165) is 6.42 Å². The quantitative estimate of drug-likeness (QED) is 0.447. The third-order valence-corrected chi connectivity index (χ3v) is 5.87.